The maximum atomic E-state index is 5.28. The van der Waals surface area contributed by atoms with Gasteiger partial charge in [0.15, 0.2) is 0 Å². The number of hydrogen-bond donors (Lipinski definition) is 1. The number of hydrogen-bond acceptors (Lipinski definition) is 2. The third kappa shape index (κ3) is 2.60. The molecular weight excluding hydrogens is 174 g/mol. The third-order valence-corrected chi connectivity index (χ3v) is 2.17. The van der Waals surface area contributed by atoms with Gasteiger partial charge in [-0.25, -0.2) is 0 Å². The smallest absolute Gasteiger partial charge is 0.123 e. The molecule has 0 amide bonds. The Balaban J connectivity index is 2.77. The minimum atomic E-state index is 0.282. The summed E-state index contributed by atoms with van der Waals surface area (Å²) < 4.78 is 5.28. The molecule has 2 nitrogen and oxygen atoms in total. The average Bonchev–Trinajstić information content (AvgIpc) is 2.25. The quantitative estimate of drug-likeness (QED) is 0.722. The molecule has 0 heterocycles. The predicted octanol–water partition coefficient (Wildman–Crippen LogP) is 2.53. The van der Waals surface area contributed by atoms with Gasteiger partial charge in [0, 0.05) is 18.2 Å². The SMILES string of the molecule is C=CCNC(C)c1ccccc1OC. The molecule has 0 aromatic heterocycles. The van der Waals surface area contributed by atoms with Crippen LogP contribution in [0.5, 0.6) is 5.75 Å². The fourth-order valence-corrected chi connectivity index (χ4v) is 1.39. The zero-order valence-electron chi connectivity index (χ0n) is 8.79. The molecule has 14 heavy (non-hydrogen) atoms. The highest BCUT2D eigenvalue weighted by atomic mass is 16.5. The topological polar surface area (TPSA) is 21.3 Å². The maximum Gasteiger partial charge on any atom is 0.123 e. The lowest BCUT2D eigenvalue weighted by atomic mass is 10.1. The maximum absolute atomic E-state index is 5.28. The van der Waals surface area contributed by atoms with E-state index in [1.165, 1.54) is 5.56 Å². The number of methoxy groups -OCH3 is 1. The zero-order chi connectivity index (χ0) is 10.4. The standard InChI is InChI=1S/C12H17NO/c1-4-9-13-10(2)11-7-5-6-8-12(11)14-3/h4-8,10,13H,1,9H2,2-3H3. The second-order valence-corrected chi connectivity index (χ2v) is 3.16. The molecule has 1 unspecified atom stereocenters. The molecule has 1 aromatic rings. The van der Waals surface area contributed by atoms with E-state index in [4.69, 9.17) is 4.74 Å². The molecule has 0 aliphatic heterocycles. The molecule has 0 spiro atoms. The van der Waals surface area contributed by atoms with Crippen molar-refractivity contribution in [3.8, 4) is 5.75 Å². The van der Waals surface area contributed by atoms with Crippen LogP contribution in [0.2, 0.25) is 0 Å². The van der Waals surface area contributed by atoms with Crippen LogP contribution in [-0.4, -0.2) is 13.7 Å². The average molecular weight is 191 g/mol. The van der Waals surface area contributed by atoms with Crippen molar-refractivity contribution in [3.05, 3.63) is 42.5 Å². The van der Waals surface area contributed by atoms with Crippen LogP contribution >= 0.6 is 0 Å². The molecule has 0 aliphatic rings. The first kappa shape index (κ1) is 10.8. The van der Waals surface area contributed by atoms with Gasteiger partial charge in [-0.05, 0) is 13.0 Å². The monoisotopic (exact) mass is 191 g/mol. The van der Waals surface area contributed by atoms with Crippen LogP contribution in [0.25, 0.3) is 0 Å². The molecule has 1 rings (SSSR count). The fraction of sp³-hybridized carbons (Fsp3) is 0.333. The van der Waals surface area contributed by atoms with Gasteiger partial charge in [0.2, 0.25) is 0 Å². The predicted molar refractivity (Wildman–Crippen MR) is 59.6 cm³/mol. The Hall–Kier alpha value is -1.28. The van der Waals surface area contributed by atoms with Gasteiger partial charge in [0.05, 0.1) is 7.11 Å². The molecule has 1 N–H and O–H groups in total. The first-order valence-electron chi connectivity index (χ1n) is 4.76. The number of ether oxygens (including phenoxy) is 1. The lowest BCUT2D eigenvalue weighted by molar-refractivity contribution is 0.403. The van der Waals surface area contributed by atoms with E-state index in [1.54, 1.807) is 7.11 Å². The Kier molecular flexibility index (Phi) is 4.20. The van der Waals surface area contributed by atoms with Gasteiger partial charge in [-0.1, -0.05) is 24.3 Å². The van der Waals surface area contributed by atoms with Crippen LogP contribution < -0.4 is 10.1 Å². The molecule has 1 atom stereocenters. The molecule has 76 valence electrons. The van der Waals surface area contributed by atoms with Crippen molar-refractivity contribution in [1.82, 2.24) is 5.32 Å². The van der Waals surface area contributed by atoms with E-state index < -0.39 is 0 Å². The zero-order valence-corrected chi connectivity index (χ0v) is 8.79. The third-order valence-electron chi connectivity index (χ3n) is 2.17. The van der Waals surface area contributed by atoms with E-state index in [2.05, 4.69) is 24.9 Å². The molecule has 0 radical (unpaired) electrons. The molecule has 0 bridgehead atoms. The van der Waals surface area contributed by atoms with Crippen LogP contribution in [0.15, 0.2) is 36.9 Å². The van der Waals surface area contributed by atoms with Crippen LogP contribution in [-0.2, 0) is 0 Å². The highest BCUT2D eigenvalue weighted by molar-refractivity contribution is 5.35. The van der Waals surface area contributed by atoms with E-state index in [1.807, 2.05) is 24.3 Å². The van der Waals surface area contributed by atoms with Crippen molar-refractivity contribution in [1.29, 1.82) is 0 Å². The first-order valence-corrected chi connectivity index (χ1v) is 4.76. The lowest BCUT2D eigenvalue weighted by Crippen LogP contribution is -2.18. The minimum Gasteiger partial charge on any atom is -0.496 e. The summed E-state index contributed by atoms with van der Waals surface area (Å²) in [4.78, 5) is 0. The normalized spacial score (nSPS) is 12.1. The summed E-state index contributed by atoms with van der Waals surface area (Å²) in [5, 5.41) is 3.33. The number of para-hydroxylation sites is 1. The fourth-order valence-electron chi connectivity index (χ4n) is 1.39. The number of rotatable bonds is 5. The van der Waals surface area contributed by atoms with Crippen molar-refractivity contribution in [2.24, 2.45) is 0 Å². The number of benzene rings is 1. The highest BCUT2D eigenvalue weighted by Crippen LogP contribution is 2.23. The summed E-state index contributed by atoms with van der Waals surface area (Å²) in [6.45, 7) is 6.59. The van der Waals surface area contributed by atoms with Gasteiger partial charge < -0.3 is 10.1 Å². The van der Waals surface area contributed by atoms with Gasteiger partial charge in [0.25, 0.3) is 0 Å². The van der Waals surface area contributed by atoms with Gasteiger partial charge in [-0.2, -0.15) is 0 Å². The van der Waals surface area contributed by atoms with Gasteiger partial charge in [-0.15, -0.1) is 6.58 Å². The first-order chi connectivity index (χ1) is 6.79. The van der Waals surface area contributed by atoms with E-state index in [-0.39, 0.29) is 6.04 Å². The van der Waals surface area contributed by atoms with Crippen molar-refractivity contribution in [2.75, 3.05) is 13.7 Å². The minimum absolute atomic E-state index is 0.282. The van der Waals surface area contributed by atoms with Crippen molar-refractivity contribution in [3.63, 3.8) is 0 Å². The Morgan fingerprint density at radius 3 is 2.86 bits per heavy atom. The van der Waals surface area contributed by atoms with Crippen LogP contribution in [0.3, 0.4) is 0 Å². The summed E-state index contributed by atoms with van der Waals surface area (Å²) in [5.41, 5.74) is 1.18. The van der Waals surface area contributed by atoms with Crippen LogP contribution in [0.4, 0.5) is 0 Å². The molecule has 1 aromatic carbocycles. The second kappa shape index (κ2) is 5.45. The van der Waals surface area contributed by atoms with Crippen molar-refractivity contribution >= 4 is 0 Å². The Labute approximate surface area is 85.6 Å². The highest BCUT2D eigenvalue weighted by Gasteiger charge is 2.08. The molecular formula is C12H17NO. The summed E-state index contributed by atoms with van der Waals surface area (Å²) in [5.74, 6) is 0.927. The summed E-state index contributed by atoms with van der Waals surface area (Å²) in [6, 6.07) is 8.32. The Morgan fingerprint density at radius 1 is 1.50 bits per heavy atom. The van der Waals surface area contributed by atoms with Crippen molar-refractivity contribution in [2.45, 2.75) is 13.0 Å². The van der Waals surface area contributed by atoms with Crippen LogP contribution in [0, 0.1) is 0 Å². The molecule has 0 fully saturated rings. The molecule has 0 aliphatic carbocycles. The van der Waals surface area contributed by atoms with Crippen molar-refractivity contribution < 1.29 is 4.74 Å². The lowest BCUT2D eigenvalue weighted by Gasteiger charge is -2.15. The van der Waals surface area contributed by atoms with Gasteiger partial charge >= 0.3 is 0 Å². The molecule has 0 saturated carbocycles. The Morgan fingerprint density at radius 2 is 2.21 bits per heavy atom. The van der Waals surface area contributed by atoms with Gasteiger partial charge in [-0.3, -0.25) is 0 Å². The summed E-state index contributed by atoms with van der Waals surface area (Å²) in [6.07, 6.45) is 1.85. The van der Waals surface area contributed by atoms with Crippen LogP contribution in [0.1, 0.15) is 18.5 Å². The summed E-state index contributed by atoms with van der Waals surface area (Å²) in [7, 11) is 1.69. The second-order valence-electron chi connectivity index (χ2n) is 3.16. The summed E-state index contributed by atoms with van der Waals surface area (Å²) >= 11 is 0. The van der Waals surface area contributed by atoms with E-state index in [0.29, 0.717) is 0 Å². The number of nitrogens with one attached hydrogen (secondary N) is 1. The van der Waals surface area contributed by atoms with E-state index in [9.17, 15) is 0 Å². The molecule has 0 saturated heterocycles. The molecule has 2 heteroatoms. The Bertz CT molecular complexity index is 296. The largest absolute Gasteiger partial charge is 0.496 e. The van der Waals surface area contributed by atoms with Gasteiger partial charge in [0.1, 0.15) is 5.75 Å². The van der Waals surface area contributed by atoms with E-state index in [0.717, 1.165) is 12.3 Å². The van der Waals surface area contributed by atoms with E-state index >= 15 is 0 Å².